The van der Waals surface area contributed by atoms with Crippen molar-refractivity contribution in [3.05, 3.63) is 30.6 Å². The van der Waals surface area contributed by atoms with Crippen LogP contribution >= 0.6 is 0 Å². The number of hydrogen-bond acceptors (Lipinski definition) is 5. The summed E-state index contributed by atoms with van der Waals surface area (Å²) in [5.41, 5.74) is 8.24. The number of anilines is 1. The van der Waals surface area contributed by atoms with Crippen LogP contribution in [0.2, 0.25) is 0 Å². The molecule has 2 N–H and O–H groups in total. The van der Waals surface area contributed by atoms with Gasteiger partial charge in [0.15, 0.2) is 11.0 Å². The molecule has 74 valence electrons. The first-order valence-corrected chi connectivity index (χ1v) is 4.37. The van der Waals surface area contributed by atoms with Gasteiger partial charge in [-0.15, -0.1) is 0 Å². The maximum atomic E-state index is 5.73. The topological polar surface area (TPSA) is 82.8 Å². The average molecular weight is 201 g/mol. The van der Waals surface area contributed by atoms with E-state index in [1.54, 1.807) is 16.9 Å². The van der Waals surface area contributed by atoms with Crippen LogP contribution in [0.4, 0.5) is 5.69 Å². The lowest BCUT2D eigenvalue weighted by molar-refractivity contribution is 0.315. The number of benzene rings is 1. The van der Waals surface area contributed by atoms with Gasteiger partial charge >= 0.3 is 0 Å². The van der Waals surface area contributed by atoms with E-state index >= 15 is 0 Å². The van der Waals surface area contributed by atoms with Gasteiger partial charge in [-0.25, -0.2) is 9.31 Å². The van der Waals surface area contributed by atoms with Crippen LogP contribution in [0.15, 0.2) is 35.2 Å². The molecule has 0 spiro atoms. The van der Waals surface area contributed by atoms with Gasteiger partial charge in [0, 0.05) is 12.4 Å². The molecule has 2 heterocycles. The van der Waals surface area contributed by atoms with Gasteiger partial charge in [-0.2, -0.15) is 5.10 Å². The van der Waals surface area contributed by atoms with E-state index in [9.17, 15) is 0 Å². The Labute approximate surface area is 84.3 Å². The van der Waals surface area contributed by atoms with E-state index in [2.05, 4.69) is 20.0 Å². The molecule has 0 fully saturated rings. The smallest absolute Gasteiger partial charge is 0.162 e. The van der Waals surface area contributed by atoms with E-state index in [0.29, 0.717) is 16.7 Å². The highest BCUT2D eigenvalue weighted by molar-refractivity contribution is 5.91. The van der Waals surface area contributed by atoms with Crippen molar-refractivity contribution >= 4 is 16.7 Å². The summed E-state index contributed by atoms with van der Waals surface area (Å²) in [5, 5.41) is 11.7. The predicted molar refractivity (Wildman–Crippen MR) is 53.3 cm³/mol. The second-order valence-corrected chi connectivity index (χ2v) is 3.09. The minimum absolute atomic E-state index is 0.544. The Bertz CT molecular complexity index is 598. The summed E-state index contributed by atoms with van der Waals surface area (Å²) in [5.74, 6) is 0. The fraction of sp³-hybridized carbons (Fsp3) is 0. The van der Waals surface area contributed by atoms with Gasteiger partial charge in [-0.05, 0) is 28.5 Å². The molecule has 0 amide bonds. The first-order chi connectivity index (χ1) is 7.36. The Balaban J connectivity index is 2.37. The van der Waals surface area contributed by atoms with Crippen LogP contribution in [-0.2, 0) is 0 Å². The van der Waals surface area contributed by atoms with Crippen molar-refractivity contribution in [1.29, 1.82) is 0 Å². The number of rotatable bonds is 1. The number of nitrogens with two attached hydrogens (primary N) is 1. The van der Waals surface area contributed by atoms with Crippen LogP contribution in [0.3, 0.4) is 0 Å². The van der Waals surface area contributed by atoms with Gasteiger partial charge in [-0.3, -0.25) is 0 Å². The average Bonchev–Trinajstić information content (AvgIpc) is 2.88. The number of hydrogen-bond donors (Lipinski definition) is 1. The summed E-state index contributed by atoms with van der Waals surface area (Å²) in [6.45, 7) is 0. The monoisotopic (exact) mass is 201 g/mol. The van der Waals surface area contributed by atoms with Crippen molar-refractivity contribution in [1.82, 2.24) is 20.1 Å². The second-order valence-electron chi connectivity index (χ2n) is 3.09. The first-order valence-electron chi connectivity index (χ1n) is 4.37. The lowest BCUT2D eigenvalue weighted by atomic mass is 10.2. The van der Waals surface area contributed by atoms with E-state index in [-0.39, 0.29) is 0 Å². The molecular formula is C9H7N5O. The first kappa shape index (κ1) is 7.98. The molecule has 15 heavy (non-hydrogen) atoms. The quantitative estimate of drug-likeness (QED) is 0.593. The molecule has 0 saturated carbocycles. The number of nitrogen functional groups attached to an aromatic ring is 1. The molecule has 1 aromatic carbocycles. The van der Waals surface area contributed by atoms with E-state index in [0.717, 1.165) is 5.69 Å². The Kier molecular flexibility index (Phi) is 1.49. The maximum absolute atomic E-state index is 5.73. The third-order valence-corrected chi connectivity index (χ3v) is 2.18. The highest BCUT2D eigenvalue weighted by Crippen LogP contribution is 2.23. The van der Waals surface area contributed by atoms with Crippen LogP contribution < -0.4 is 5.73 Å². The third-order valence-electron chi connectivity index (χ3n) is 2.18. The maximum Gasteiger partial charge on any atom is 0.162 e. The highest BCUT2D eigenvalue weighted by atomic mass is 16.6. The summed E-state index contributed by atoms with van der Waals surface area (Å²) < 4.78 is 6.35. The van der Waals surface area contributed by atoms with E-state index < -0.39 is 0 Å². The van der Waals surface area contributed by atoms with Crippen LogP contribution in [0, 0.1) is 0 Å². The van der Waals surface area contributed by atoms with Gasteiger partial charge < -0.3 is 5.73 Å². The van der Waals surface area contributed by atoms with Crippen molar-refractivity contribution in [3.63, 3.8) is 0 Å². The molecule has 6 heteroatoms. The normalized spacial score (nSPS) is 10.9. The number of aromatic nitrogens is 4. The lowest BCUT2D eigenvalue weighted by Crippen LogP contribution is -1.97. The van der Waals surface area contributed by atoms with Crippen LogP contribution in [0.5, 0.6) is 0 Å². The SMILES string of the molecule is Nc1ccc(-n2cccn2)c2nonc12. The molecule has 6 nitrogen and oxygen atoms in total. The van der Waals surface area contributed by atoms with Crippen molar-refractivity contribution in [2.24, 2.45) is 0 Å². The number of nitrogens with zero attached hydrogens (tertiary/aromatic N) is 4. The predicted octanol–water partition coefficient (Wildman–Crippen LogP) is 0.991. The molecule has 0 radical (unpaired) electrons. The molecule has 0 atom stereocenters. The Hall–Kier alpha value is -2.37. The summed E-state index contributed by atoms with van der Waals surface area (Å²) in [6.07, 6.45) is 3.51. The lowest BCUT2D eigenvalue weighted by Gasteiger charge is -2.01. The van der Waals surface area contributed by atoms with E-state index in [1.807, 2.05) is 18.3 Å². The fourth-order valence-electron chi connectivity index (χ4n) is 1.47. The zero-order chi connectivity index (χ0) is 10.3. The van der Waals surface area contributed by atoms with Crippen LogP contribution in [0.25, 0.3) is 16.7 Å². The largest absolute Gasteiger partial charge is 0.397 e. The Morgan fingerprint density at radius 2 is 2.07 bits per heavy atom. The molecule has 0 unspecified atom stereocenters. The summed E-state index contributed by atoms with van der Waals surface area (Å²) in [4.78, 5) is 0. The molecule has 0 aliphatic rings. The standard InChI is InChI=1S/C9H7N5O/c10-6-2-3-7(14-5-1-4-11-14)9-8(6)12-15-13-9/h1-5H,10H2. The molecule has 2 aromatic heterocycles. The summed E-state index contributed by atoms with van der Waals surface area (Å²) >= 11 is 0. The molecule has 3 rings (SSSR count). The summed E-state index contributed by atoms with van der Waals surface area (Å²) in [7, 11) is 0. The molecule has 0 aliphatic carbocycles. The van der Waals surface area contributed by atoms with Crippen LogP contribution in [-0.4, -0.2) is 20.1 Å². The second kappa shape index (κ2) is 2.81. The van der Waals surface area contributed by atoms with Crippen molar-refractivity contribution in [2.75, 3.05) is 5.73 Å². The molecule has 0 saturated heterocycles. The van der Waals surface area contributed by atoms with Gasteiger partial charge in [0.25, 0.3) is 0 Å². The molecular weight excluding hydrogens is 194 g/mol. The fourth-order valence-corrected chi connectivity index (χ4v) is 1.47. The van der Waals surface area contributed by atoms with Gasteiger partial charge in [0.1, 0.15) is 0 Å². The molecule has 0 bridgehead atoms. The van der Waals surface area contributed by atoms with Gasteiger partial charge in [-0.1, -0.05) is 0 Å². The minimum atomic E-state index is 0.544. The Morgan fingerprint density at radius 1 is 1.20 bits per heavy atom. The van der Waals surface area contributed by atoms with E-state index in [1.165, 1.54) is 0 Å². The van der Waals surface area contributed by atoms with Gasteiger partial charge in [0.05, 0.1) is 11.4 Å². The van der Waals surface area contributed by atoms with Crippen LogP contribution in [0.1, 0.15) is 0 Å². The van der Waals surface area contributed by atoms with Crippen molar-refractivity contribution < 1.29 is 4.63 Å². The van der Waals surface area contributed by atoms with Crippen molar-refractivity contribution in [3.8, 4) is 5.69 Å². The zero-order valence-electron chi connectivity index (χ0n) is 7.66. The van der Waals surface area contributed by atoms with E-state index in [4.69, 9.17) is 5.73 Å². The Morgan fingerprint density at radius 3 is 2.87 bits per heavy atom. The minimum Gasteiger partial charge on any atom is -0.397 e. The zero-order valence-corrected chi connectivity index (χ0v) is 7.66. The third kappa shape index (κ3) is 1.08. The summed E-state index contributed by atoms with van der Waals surface area (Å²) in [6, 6.07) is 5.41. The number of fused-ring (bicyclic) bond motifs is 1. The molecule has 3 aromatic rings. The molecule has 0 aliphatic heterocycles. The van der Waals surface area contributed by atoms with Gasteiger partial charge in [0.2, 0.25) is 0 Å². The van der Waals surface area contributed by atoms with Crippen molar-refractivity contribution in [2.45, 2.75) is 0 Å². The highest BCUT2D eigenvalue weighted by Gasteiger charge is 2.11.